The van der Waals surface area contributed by atoms with Gasteiger partial charge in [0, 0.05) is 6.54 Å². The van der Waals surface area contributed by atoms with E-state index in [1.54, 1.807) is 13.8 Å². The lowest BCUT2D eigenvalue weighted by atomic mass is 9.97. The first kappa shape index (κ1) is 25.4. The van der Waals surface area contributed by atoms with Gasteiger partial charge in [-0.05, 0) is 56.6 Å². The zero-order valence-electron chi connectivity index (χ0n) is 19.9. The summed E-state index contributed by atoms with van der Waals surface area (Å²) < 4.78 is 5.22. The molecule has 0 saturated carbocycles. The van der Waals surface area contributed by atoms with Crippen molar-refractivity contribution in [1.29, 1.82) is 0 Å². The molecule has 0 spiro atoms. The molecular weight excluding hydrogens is 432 g/mol. The van der Waals surface area contributed by atoms with Gasteiger partial charge in [0.1, 0.15) is 12.1 Å². The van der Waals surface area contributed by atoms with E-state index in [9.17, 15) is 19.5 Å². The maximum atomic E-state index is 13.3. The molecule has 1 amide bonds. The molecule has 1 fully saturated rings. The second kappa shape index (κ2) is 12.3. The lowest BCUT2D eigenvalue weighted by molar-refractivity contribution is -0.150. The minimum atomic E-state index is -0.998. The summed E-state index contributed by atoms with van der Waals surface area (Å²) in [6.45, 7) is 4.06. The van der Waals surface area contributed by atoms with Crippen LogP contribution in [0.25, 0.3) is 0 Å². The number of aryl methyl sites for hydroxylation is 1. The summed E-state index contributed by atoms with van der Waals surface area (Å²) in [5.41, 5.74) is 2.22. The summed E-state index contributed by atoms with van der Waals surface area (Å²) in [5, 5.41) is 12.9. The molecule has 1 aliphatic heterocycles. The molecule has 34 heavy (non-hydrogen) atoms. The molecular formula is C27H34N2O5. The highest BCUT2D eigenvalue weighted by molar-refractivity contribution is 5.88. The van der Waals surface area contributed by atoms with Gasteiger partial charge in [-0.1, -0.05) is 60.7 Å². The van der Waals surface area contributed by atoms with Gasteiger partial charge < -0.3 is 14.7 Å². The van der Waals surface area contributed by atoms with Gasteiger partial charge in [0.2, 0.25) is 5.91 Å². The molecule has 4 atom stereocenters. The number of carbonyl (C=O) groups is 3. The average molecular weight is 467 g/mol. The number of likely N-dealkylation sites (tertiary alicyclic amines) is 1. The summed E-state index contributed by atoms with van der Waals surface area (Å²) >= 11 is 0. The molecule has 2 aromatic rings. The Labute approximate surface area is 201 Å². The topological polar surface area (TPSA) is 95.9 Å². The molecule has 0 aromatic heterocycles. The highest BCUT2D eigenvalue weighted by atomic mass is 16.5. The van der Waals surface area contributed by atoms with Gasteiger partial charge in [-0.3, -0.25) is 14.9 Å². The van der Waals surface area contributed by atoms with Crippen molar-refractivity contribution in [3.63, 3.8) is 0 Å². The maximum absolute atomic E-state index is 13.3. The van der Waals surface area contributed by atoms with Crippen LogP contribution >= 0.6 is 0 Å². The fourth-order valence-electron chi connectivity index (χ4n) is 4.59. The van der Waals surface area contributed by atoms with E-state index in [2.05, 4.69) is 5.32 Å². The van der Waals surface area contributed by atoms with Crippen LogP contribution in [0, 0.1) is 5.92 Å². The molecule has 1 saturated heterocycles. The van der Waals surface area contributed by atoms with Gasteiger partial charge >= 0.3 is 11.9 Å². The van der Waals surface area contributed by atoms with E-state index in [0.717, 1.165) is 17.5 Å². The molecule has 2 N–H and O–H groups in total. The molecule has 7 nitrogen and oxygen atoms in total. The number of carbonyl (C=O) groups excluding carboxylic acids is 2. The van der Waals surface area contributed by atoms with Crippen LogP contribution in [-0.4, -0.2) is 59.1 Å². The van der Waals surface area contributed by atoms with Crippen molar-refractivity contribution in [2.75, 3.05) is 13.2 Å². The van der Waals surface area contributed by atoms with Crippen LogP contribution in [0.15, 0.2) is 60.7 Å². The average Bonchev–Trinajstić information content (AvgIpc) is 3.26. The van der Waals surface area contributed by atoms with E-state index in [1.807, 2.05) is 60.7 Å². The number of aliphatic carboxylic acids is 1. The normalized spacial score (nSPS) is 19.4. The van der Waals surface area contributed by atoms with Crippen LogP contribution in [0.3, 0.4) is 0 Å². The molecule has 0 radical (unpaired) electrons. The van der Waals surface area contributed by atoms with Crippen molar-refractivity contribution in [3.8, 4) is 0 Å². The number of benzene rings is 2. The lowest BCUT2D eigenvalue weighted by Gasteiger charge is -2.28. The smallest absolute Gasteiger partial charge is 0.326 e. The van der Waals surface area contributed by atoms with Crippen molar-refractivity contribution in [2.45, 2.75) is 57.7 Å². The van der Waals surface area contributed by atoms with E-state index in [-0.39, 0.29) is 18.4 Å². The number of nitrogens with zero attached hydrogens (tertiary/aromatic N) is 1. The van der Waals surface area contributed by atoms with E-state index >= 15 is 0 Å². The van der Waals surface area contributed by atoms with Crippen LogP contribution < -0.4 is 5.32 Å². The Hall–Kier alpha value is -3.19. The third-order valence-corrected chi connectivity index (χ3v) is 6.28. The van der Waals surface area contributed by atoms with E-state index in [1.165, 1.54) is 4.90 Å². The van der Waals surface area contributed by atoms with Crippen molar-refractivity contribution in [2.24, 2.45) is 5.92 Å². The van der Waals surface area contributed by atoms with E-state index in [4.69, 9.17) is 4.74 Å². The molecule has 2 unspecified atom stereocenters. The highest BCUT2D eigenvalue weighted by Gasteiger charge is 2.41. The quantitative estimate of drug-likeness (QED) is 0.494. The van der Waals surface area contributed by atoms with Gasteiger partial charge in [-0.25, -0.2) is 4.79 Å². The Morgan fingerprint density at radius 3 is 2.26 bits per heavy atom. The first-order chi connectivity index (χ1) is 16.4. The fourth-order valence-corrected chi connectivity index (χ4v) is 4.59. The van der Waals surface area contributed by atoms with Crippen molar-refractivity contribution in [3.05, 3.63) is 71.8 Å². The van der Waals surface area contributed by atoms with Crippen LogP contribution in [0.4, 0.5) is 0 Å². The molecule has 3 rings (SSSR count). The fraction of sp³-hybridized carbons (Fsp3) is 0.444. The lowest BCUT2D eigenvalue weighted by Crippen LogP contribution is -2.53. The number of carboxylic acids is 1. The molecule has 1 heterocycles. The monoisotopic (exact) mass is 466 g/mol. The number of esters is 1. The van der Waals surface area contributed by atoms with Gasteiger partial charge in [-0.2, -0.15) is 0 Å². The SMILES string of the molecule is CCOC(=O)C(CCc1ccccc1)N[C@@H](C)C(=O)N1CC(Cc2ccccc2)C[C@H]1C(=O)O. The number of carboxylic acid groups (broad SMARTS) is 1. The zero-order valence-corrected chi connectivity index (χ0v) is 19.9. The first-order valence-electron chi connectivity index (χ1n) is 11.9. The first-order valence-corrected chi connectivity index (χ1v) is 11.9. The number of hydrogen-bond donors (Lipinski definition) is 2. The summed E-state index contributed by atoms with van der Waals surface area (Å²) in [6.07, 6.45) is 2.26. The Bertz CT molecular complexity index is 950. The zero-order chi connectivity index (χ0) is 24.5. The molecule has 1 aliphatic rings. The van der Waals surface area contributed by atoms with Crippen molar-refractivity contribution in [1.82, 2.24) is 10.2 Å². The van der Waals surface area contributed by atoms with Crippen LogP contribution in [-0.2, 0) is 32.0 Å². The second-order valence-corrected chi connectivity index (χ2v) is 8.85. The molecule has 0 bridgehead atoms. The number of rotatable bonds is 11. The molecule has 7 heteroatoms. The minimum Gasteiger partial charge on any atom is -0.480 e. The maximum Gasteiger partial charge on any atom is 0.326 e. The Balaban J connectivity index is 1.66. The molecule has 0 aliphatic carbocycles. The number of ether oxygens (including phenoxy) is 1. The molecule has 182 valence electrons. The Morgan fingerprint density at radius 1 is 1.06 bits per heavy atom. The number of nitrogens with one attached hydrogen (secondary N) is 1. The summed E-state index contributed by atoms with van der Waals surface area (Å²) in [7, 11) is 0. The Morgan fingerprint density at radius 2 is 1.68 bits per heavy atom. The predicted molar refractivity (Wildman–Crippen MR) is 129 cm³/mol. The van der Waals surface area contributed by atoms with Gasteiger partial charge in [-0.15, -0.1) is 0 Å². The number of amides is 1. The summed E-state index contributed by atoms with van der Waals surface area (Å²) in [4.78, 5) is 39.2. The van der Waals surface area contributed by atoms with Gasteiger partial charge in [0.25, 0.3) is 0 Å². The number of hydrogen-bond acceptors (Lipinski definition) is 5. The third kappa shape index (κ3) is 6.90. The van der Waals surface area contributed by atoms with Crippen LogP contribution in [0.2, 0.25) is 0 Å². The highest BCUT2D eigenvalue weighted by Crippen LogP contribution is 2.27. The van der Waals surface area contributed by atoms with Crippen LogP contribution in [0.1, 0.15) is 37.8 Å². The predicted octanol–water partition coefficient (Wildman–Crippen LogP) is 3.07. The second-order valence-electron chi connectivity index (χ2n) is 8.85. The Kier molecular flexibility index (Phi) is 9.22. The summed E-state index contributed by atoms with van der Waals surface area (Å²) in [5.74, 6) is -1.64. The van der Waals surface area contributed by atoms with Crippen molar-refractivity contribution < 1.29 is 24.2 Å². The van der Waals surface area contributed by atoms with Gasteiger partial charge in [0.15, 0.2) is 0 Å². The standard InChI is InChI=1S/C27H34N2O5/c1-3-34-27(33)23(15-14-20-10-6-4-7-11-20)28-19(2)25(30)29-18-22(17-24(29)26(31)32)16-21-12-8-5-9-13-21/h4-13,19,22-24,28H,3,14-18H2,1-2H3,(H,31,32)/t19-,22?,23?,24-/m0/s1. The van der Waals surface area contributed by atoms with Gasteiger partial charge in [0.05, 0.1) is 12.6 Å². The molecule has 2 aromatic carbocycles. The largest absolute Gasteiger partial charge is 0.480 e. The van der Waals surface area contributed by atoms with E-state index < -0.39 is 30.1 Å². The van der Waals surface area contributed by atoms with Crippen molar-refractivity contribution >= 4 is 17.8 Å². The summed E-state index contributed by atoms with van der Waals surface area (Å²) in [6, 6.07) is 17.4. The van der Waals surface area contributed by atoms with Crippen LogP contribution in [0.5, 0.6) is 0 Å². The van der Waals surface area contributed by atoms with E-state index in [0.29, 0.717) is 25.8 Å². The third-order valence-electron chi connectivity index (χ3n) is 6.28. The minimum absolute atomic E-state index is 0.0681.